The molecule has 29 heavy (non-hydrogen) atoms. The third kappa shape index (κ3) is 3.82. The molecule has 2 fully saturated rings. The monoisotopic (exact) mass is 414 g/mol. The van der Waals surface area contributed by atoms with E-state index in [9.17, 15) is 14.7 Å². The number of aromatic hydroxyl groups is 1. The summed E-state index contributed by atoms with van der Waals surface area (Å²) in [6.07, 6.45) is 2.01. The number of phenolic OH excluding ortho intramolecular Hbond substituents is 1. The molecule has 1 N–H and O–H groups in total. The third-order valence-electron chi connectivity index (χ3n) is 5.85. The number of nitrogens with zero attached hydrogens (tertiary/aromatic N) is 2. The van der Waals surface area contributed by atoms with Crippen molar-refractivity contribution in [1.82, 2.24) is 4.90 Å². The first kappa shape index (κ1) is 19.7. The Balaban J connectivity index is 1.44. The van der Waals surface area contributed by atoms with Crippen molar-refractivity contribution in [2.45, 2.75) is 31.2 Å². The van der Waals surface area contributed by atoms with Gasteiger partial charge in [-0.05, 0) is 67.7 Å². The van der Waals surface area contributed by atoms with Crippen LogP contribution in [0.25, 0.3) is 0 Å². The summed E-state index contributed by atoms with van der Waals surface area (Å²) in [5, 5.41) is 9.83. The minimum Gasteiger partial charge on any atom is -0.508 e. The van der Waals surface area contributed by atoms with Crippen molar-refractivity contribution in [2.24, 2.45) is 0 Å². The van der Waals surface area contributed by atoms with Crippen molar-refractivity contribution < 1.29 is 19.4 Å². The van der Waals surface area contributed by atoms with Crippen molar-refractivity contribution in [1.29, 1.82) is 0 Å². The Hall–Kier alpha value is -2.57. The number of ether oxygens (including phenoxy) is 1. The van der Waals surface area contributed by atoms with Crippen LogP contribution < -0.4 is 9.64 Å². The minimum absolute atomic E-state index is 0.187. The first-order valence-electron chi connectivity index (χ1n) is 9.71. The van der Waals surface area contributed by atoms with Crippen LogP contribution in [0.5, 0.6) is 11.5 Å². The number of phenols is 1. The highest BCUT2D eigenvalue weighted by atomic mass is 35.5. The molecule has 2 amide bonds. The lowest BCUT2D eigenvalue weighted by molar-refractivity contribution is -0.123. The highest BCUT2D eigenvalue weighted by Gasteiger charge is 2.43. The summed E-state index contributed by atoms with van der Waals surface area (Å²) in [6.45, 7) is 1.51. The van der Waals surface area contributed by atoms with Gasteiger partial charge in [-0.3, -0.25) is 14.5 Å². The lowest BCUT2D eigenvalue weighted by Crippen LogP contribution is -2.45. The number of likely N-dealkylation sites (tertiary alicyclic amines) is 1. The lowest BCUT2D eigenvalue weighted by atomic mass is 9.89. The van der Waals surface area contributed by atoms with Crippen molar-refractivity contribution in [2.75, 3.05) is 25.1 Å². The standard InChI is InChI=1S/C22H23ClN2O4/c1-29-20-7-4-16(12-18(20)23)25-21(27)13-19(22(25)28)24-10-8-15(9-11-24)14-2-5-17(26)6-3-14/h2-7,12,15,19,26H,8-11,13H2,1H3/t19-/m1/s1. The Bertz CT molecular complexity index is 923. The van der Waals surface area contributed by atoms with E-state index in [0.717, 1.165) is 25.9 Å². The van der Waals surface area contributed by atoms with Crippen LogP contribution in [0.15, 0.2) is 42.5 Å². The number of imide groups is 1. The first-order valence-corrected chi connectivity index (χ1v) is 10.1. The van der Waals surface area contributed by atoms with Crippen LogP contribution in [-0.2, 0) is 9.59 Å². The Morgan fingerprint density at radius 3 is 2.38 bits per heavy atom. The first-order chi connectivity index (χ1) is 14.0. The second kappa shape index (κ2) is 8.05. The predicted octanol–water partition coefficient (Wildman–Crippen LogP) is 3.57. The number of carbonyl (C=O) groups is 2. The van der Waals surface area contributed by atoms with E-state index in [2.05, 4.69) is 4.90 Å². The number of piperidine rings is 1. The average Bonchev–Trinajstić information content (AvgIpc) is 3.02. The molecule has 2 aliphatic rings. The highest BCUT2D eigenvalue weighted by molar-refractivity contribution is 6.33. The number of hydrogen-bond acceptors (Lipinski definition) is 5. The third-order valence-corrected chi connectivity index (χ3v) is 6.15. The van der Waals surface area contributed by atoms with Gasteiger partial charge < -0.3 is 9.84 Å². The van der Waals surface area contributed by atoms with Gasteiger partial charge in [0.25, 0.3) is 5.91 Å². The second-order valence-corrected chi connectivity index (χ2v) is 7.92. The quantitative estimate of drug-likeness (QED) is 0.774. The van der Waals surface area contributed by atoms with Gasteiger partial charge in [0.05, 0.1) is 30.3 Å². The summed E-state index contributed by atoms with van der Waals surface area (Å²) in [4.78, 5) is 29.0. The fourth-order valence-corrected chi connectivity index (χ4v) is 4.51. The van der Waals surface area contributed by atoms with Crippen LogP contribution in [0, 0.1) is 0 Å². The molecule has 0 bridgehead atoms. The van der Waals surface area contributed by atoms with Crippen LogP contribution in [0.4, 0.5) is 5.69 Å². The molecule has 0 aromatic heterocycles. The maximum Gasteiger partial charge on any atom is 0.251 e. The Kier molecular flexibility index (Phi) is 5.48. The summed E-state index contributed by atoms with van der Waals surface area (Å²) in [6, 6.07) is 11.8. The predicted molar refractivity (Wildman–Crippen MR) is 111 cm³/mol. The molecule has 2 heterocycles. The average molecular weight is 415 g/mol. The van der Waals surface area contributed by atoms with Gasteiger partial charge in [0.15, 0.2) is 0 Å². The topological polar surface area (TPSA) is 70.1 Å². The van der Waals surface area contributed by atoms with Gasteiger partial charge in [0.1, 0.15) is 11.5 Å². The molecule has 0 saturated carbocycles. The number of anilines is 1. The molecule has 1 atom stereocenters. The van der Waals surface area contributed by atoms with E-state index in [0.29, 0.717) is 22.4 Å². The van der Waals surface area contributed by atoms with Crippen LogP contribution >= 0.6 is 11.6 Å². The van der Waals surface area contributed by atoms with Gasteiger partial charge in [-0.25, -0.2) is 4.90 Å². The summed E-state index contributed by atoms with van der Waals surface area (Å²) in [5.41, 5.74) is 1.68. The number of benzene rings is 2. The molecule has 2 aromatic carbocycles. The smallest absolute Gasteiger partial charge is 0.251 e. The summed E-state index contributed by atoms with van der Waals surface area (Å²) in [5.74, 6) is 0.763. The van der Waals surface area contributed by atoms with Crippen LogP contribution in [0.3, 0.4) is 0 Å². The molecular weight excluding hydrogens is 392 g/mol. The Morgan fingerprint density at radius 2 is 1.76 bits per heavy atom. The van der Waals surface area contributed by atoms with Crippen molar-refractivity contribution in [3.63, 3.8) is 0 Å². The van der Waals surface area contributed by atoms with Crippen molar-refractivity contribution >= 4 is 29.1 Å². The number of methoxy groups -OCH3 is 1. The normalized spacial score (nSPS) is 21.0. The molecule has 0 unspecified atom stereocenters. The molecule has 4 rings (SSSR count). The van der Waals surface area contributed by atoms with Crippen molar-refractivity contribution in [3.8, 4) is 11.5 Å². The van der Waals surface area contributed by atoms with Gasteiger partial charge in [-0.2, -0.15) is 0 Å². The molecule has 2 aromatic rings. The van der Waals surface area contributed by atoms with E-state index in [-0.39, 0.29) is 24.0 Å². The molecule has 0 spiro atoms. The van der Waals surface area contributed by atoms with E-state index in [1.807, 2.05) is 12.1 Å². The van der Waals surface area contributed by atoms with Gasteiger partial charge in [-0.15, -0.1) is 0 Å². The zero-order valence-electron chi connectivity index (χ0n) is 16.2. The number of rotatable bonds is 4. The summed E-state index contributed by atoms with van der Waals surface area (Å²) < 4.78 is 5.14. The zero-order valence-corrected chi connectivity index (χ0v) is 16.9. The molecule has 0 radical (unpaired) electrons. The van der Waals surface area contributed by atoms with Crippen LogP contribution in [0.1, 0.15) is 30.7 Å². The molecule has 0 aliphatic carbocycles. The maximum atomic E-state index is 13.0. The van der Waals surface area contributed by atoms with Crippen LogP contribution in [-0.4, -0.2) is 48.1 Å². The number of carbonyl (C=O) groups excluding carboxylic acids is 2. The van der Waals surface area contributed by atoms with E-state index in [4.69, 9.17) is 16.3 Å². The number of amides is 2. The van der Waals surface area contributed by atoms with E-state index < -0.39 is 6.04 Å². The molecule has 2 aliphatic heterocycles. The van der Waals surface area contributed by atoms with Gasteiger partial charge in [0, 0.05) is 0 Å². The number of hydrogen-bond donors (Lipinski definition) is 1. The number of halogens is 1. The van der Waals surface area contributed by atoms with Gasteiger partial charge in [-0.1, -0.05) is 23.7 Å². The largest absolute Gasteiger partial charge is 0.508 e. The molecule has 2 saturated heterocycles. The summed E-state index contributed by atoms with van der Waals surface area (Å²) >= 11 is 6.17. The molecule has 6 nitrogen and oxygen atoms in total. The van der Waals surface area contributed by atoms with Crippen molar-refractivity contribution in [3.05, 3.63) is 53.1 Å². The highest BCUT2D eigenvalue weighted by Crippen LogP contribution is 2.35. The molecular formula is C22H23ClN2O4. The maximum absolute atomic E-state index is 13.0. The Labute approximate surface area is 174 Å². The van der Waals surface area contributed by atoms with E-state index >= 15 is 0 Å². The van der Waals surface area contributed by atoms with Gasteiger partial charge in [0.2, 0.25) is 5.91 Å². The zero-order chi connectivity index (χ0) is 20.5. The fourth-order valence-electron chi connectivity index (χ4n) is 4.26. The fraction of sp³-hybridized carbons (Fsp3) is 0.364. The van der Waals surface area contributed by atoms with Crippen LogP contribution in [0.2, 0.25) is 5.02 Å². The lowest BCUT2D eigenvalue weighted by Gasteiger charge is -2.35. The SMILES string of the molecule is COc1ccc(N2C(=O)C[C@@H](N3CCC(c4ccc(O)cc4)CC3)C2=O)cc1Cl. The van der Waals surface area contributed by atoms with Gasteiger partial charge >= 0.3 is 0 Å². The summed E-state index contributed by atoms with van der Waals surface area (Å²) in [7, 11) is 1.52. The van der Waals surface area contributed by atoms with E-state index in [1.54, 1.807) is 30.3 Å². The molecule has 7 heteroatoms. The Morgan fingerprint density at radius 1 is 1.07 bits per heavy atom. The minimum atomic E-state index is -0.427. The molecule has 152 valence electrons. The van der Waals surface area contributed by atoms with E-state index in [1.165, 1.54) is 17.6 Å². The second-order valence-electron chi connectivity index (χ2n) is 7.51.